The Hall–Kier alpha value is -2.28. The van der Waals surface area contributed by atoms with Crippen LogP contribution in [-0.2, 0) is 19.2 Å². The van der Waals surface area contributed by atoms with Crippen molar-refractivity contribution in [3.05, 3.63) is 24.3 Å². The second-order valence-corrected chi connectivity index (χ2v) is 10.3. The molecule has 2 unspecified atom stereocenters. The van der Waals surface area contributed by atoms with Crippen molar-refractivity contribution in [3.8, 4) is 0 Å². The standard InChI is InChI=1S/C30H49N3O4/c1-3-5-7-9-11-13-15-25(32-27(34)17-18-28(32)35)21-23-31-24-22-26(16-14-12-10-8-6-4-2)33-29(36)19-20-30(33)37/h13-16,25-26,31H,3-12,17-24H2,1-2H3. The van der Waals surface area contributed by atoms with Crippen LogP contribution in [0.5, 0.6) is 0 Å². The quantitative estimate of drug-likeness (QED) is 0.132. The van der Waals surface area contributed by atoms with Gasteiger partial charge >= 0.3 is 0 Å². The third-order valence-corrected chi connectivity index (χ3v) is 7.24. The van der Waals surface area contributed by atoms with Crippen molar-refractivity contribution in [1.29, 1.82) is 0 Å². The van der Waals surface area contributed by atoms with Gasteiger partial charge in [-0.1, -0.05) is 76.7 Å². The molecule has 2 saturated heterocycles. The highest BCUT2D eigenvalue weighted by molar-refractivity contribution is 6.03. The molecule has 2 heterocycles. The van der Waals surface area contributed by atoms with Crippen molar-refractivity contribution in [2.45, 2.75) is 129 Å². The number of allylic oxidation sites excluding steroid dienone is 2. The minimum atomic E-state index is -0.221. The van der Waals surface area contributed by atoms with Crippen LogP contribution in [0.2, 0.25) is 0 Å². The van der Waals surface area contributed by atoms with E-state index in [1.165, 1.54) is 48.3 Å². The largest absolute Gasteiger partial charge is 0.317 e. The van der Waals surface area contributed by atoms with Crippen LogP contribution >= 0.6 is 0 Å². The molecule has 2 rings (SSSR count). The zero-order valence-electron chi connectivity index (χ0n) is 23.2. The molecule has 0 bridgehead atoms. The van der Waals surface area contributed by atoms with Crippen molar-refractivity contribution in [1.82, 2.24) is 15.1 Å². The number of nitrogens with zero attached hydrogens (tertiary/aromatic N) is 2. The van der Waals surface area contributed by atoms with Gasteiger partial charge in [-0.3, -0.25) is 29.0 Å². The van der Waals surface area contributed by atoms with Crippen LogP contribution < -0.4 is 5.32 Å². The first kappa shape index (κ1) is 30.9. The fourth-order valence-electron chi connectivity index (χ4n) is 5.06. The molecule has 0 saturated carbocycles. The van der Waals surface area contributed by atoms with E-state index in [1.54, 1.807) is 0 Å². The van der Waals surface area contributed by atoms with Gasteiger partial charge in [0.25, 0.3) is 0 Å². The average Bonchev–Trinajstić information content (AvgIpc) is 3.40. The molecule has 1 N–H and O–H groups in total. The lowest BCUT2D eigenvalue weighted by atomic mass is 10.1. The fraction of sp³-hybridized carbons (Fsp3) is 0.733. The summed E-state index contributed by atoms with van der Waals surface area (Å²) in [7, 11) is 0. The van der Waals surface area contributed by atoms with E-state index in [1.807, 2.05) is 12.2 Å². The monoisotopic (exact) mass is 515 g/mol. The lowest BCUT2D eigenvalue weighted by Crippen LogP contribution is -2.41. The molecule has 208 valence electrons. The lowest BCUT2D eigenvalue weighted by Gasteiger charge is -2.25. The van der Waals surface area contributed by atoms with E-state index < -0.39 is 0 Å². The zero-order chi connectivity index (χ0) is 26.9. The molecule has 7 heteroatoms. The third kappa shape index (κ3) is 10.9. The summed E-state index contributed by atoms with van der Waals surface area (Å²) in [5, 5.41) is 3.42. The van der Waals surface area contributed by atoms with Gasteiger partial charge in [-0.2, -0.15) is 0 Å². The highest BCUT2D eigenvalue weighted by atomic mass is 16.2. The number of imide groups is 2. The Morgan fingerprint density at radius 2 is 1.00 bits per heavy atom. The molecule has 2 atom stereocenters. The molecule has 2 fully saturated rings. The molecule has 2 aliphatic rings. The number of nitrogens with one attached hydrogen (secondary N) is 1. The number of unbranched alkanes of at least 4 members (excludes halogenated alkanes) is 8. The van der Waals surface area contributed by atoms with Crippen LogP contribution in [0.25, 0.3) is 0 Å². The molecule has 0 aromatic rings. The minimum absolute atomic E-state index is 0.0826. The second-order valence-electron chi connectivity index (χ2n) is 10.3. The fourth-order valence-corrected chi connectivity index (χ4v) is 5.06. The SMILES string of the molecule is CCCCCCC=CC(CCNCCC(C=CCCCCCC)N1C(=O)CCC1=O)N1C(=O)CCC1=O. The Balaban J connectivity index is 1.86. The van der Waals surface area contributed by atoms with Crippen LogP contribution in [0.15, 0.2) is 24.3 Å². The summed E-state index contributed by atoms with van der Waals surface area (Å²) < 4.78 is 0. The van der Waals surface area contributed by atoms with Gasteiger partial charge in [0.1, 0.15) is 0 Å². The lowest BCUT2D eigenvalue weighted by molar-refractivity contribution is -0.141. The van der Waals surface area contributed by atoms with Crippen LogP contribution in [-0.4, -0.2) is 58.6 Å². The zero-order valence-corrected chi connectivity index (χ0v) is 23.2. The van der Waals surface area contributed by atoms with Gasteiger partial charge in [0.15, 0.2) is 0 Å². The summed E-state index contributed by atoms with van der Waals surface area (Å²) >= 11 is 0. The number of carbonyl (C=O) groups excluding carboxylic acids is 4. The number of hydrogen-bond donors (Lipinski definition) is 1. The van der Waals surface area contributed by atoms with E-state index in [-0.39, 0.29) is 35.7 Å². The Morgan fingerprint density at radius 1 is 0.622 bits per heavy atom. The molecule has 0 spiro atoms. The predicted molar refractivity (Wildman–Crippen MR) is 148 cm³/mol. The highest BCUT2D eigenvalue weighted by Crippen LogP contribution is 2.20. The van der Waals surface area contributed by atoms with Crippen molar-refractivity contribution in [3.63, 3.8) is 0 Å². The summed E-state index contributed by atoms with van der Waals surface area (Å²) in [6, 6.07) is -0.441. The number of likely N-dealkylation sites (tertiary alicyclic amines) is 2. The normalized spacial score (nSPS) is 18.3. The third-order valence-electron chi connectivity index (χ3n) is 7.24. The summed E-state index contributed by atoms with van der Waals surface area (Å²) in [5.74, 6) is -0.330. The molecule has 7 nitrogen and oxygen atoms in total. The van der Waals surface area contributed by atoms with E-state index in [4.69, 9.17) is 0 Å². The van der Waals surface area contributed by atoms with Crippen molar-refractivity contribution < 1.29 is 19.2 Å². The summed E-state index contributed by atoms with van der Waals surface area (Å²) in [5.41, 5.74) is 0. The van der Waals surface area contributed by atoms with Crippen molar-refractivity contribution >= 4 is 23.6 Å². The highest BCUT2D eigenvalue weighted by Gasteiger charge is 2.34. The molecule has 0 aromatic heterocycles. The van der Waals surface area contributed by atoms with E-state index in [2.05, 4.69) is 31.3 Å². The Bertz CT molecular complexity index is 696. The number of hydrogen-bond acceptors (Lipinski definition) is 5. The second kappa shape index (κ2) is 18.1. The molecule has 0 aliphatic carbocycles. The van der Waals surface area contributed by atoms with Gasteiger partial charge < -0.3 is 5.32 Å². The van der Waals surface area contributed by atoms with Gasteiger partial charge in [0.05, 0.1) is 12.1 Å². The van der Waals surface area contributed by atoms with E-state index >= 15 is 0 Å². The van der Waals surface area contributed by atoms with Crippen LogP contribution in [0, 0.1) is 0 Å². The van der Waals surface area contributed by atoms with Crippen LogP contribution in [0.4, 0.5) is 0 Å². The summed E-state index contributed by atoms with van der Waals surface area (Å²) in [6.45, 7) is 5.68. The van der Waals surface area contributed by atoms with Crippen molar-refractivity contribution in [2.75, 3.05) is 13.1 Å². The molecular formula is C30H49N3O4. The first-order valence-corrected chi connectivity index (χ1v) is 14.7. The molecule has 37 heavy (non-hydrogen) atoms. The maximum atomic E-state index is 12.3. The molecule has 0 radical (unpaired) electrons. The molecular weight excluding hydrogens is 466 g/mol. The smallest absolute Gasteiger partial charge is 0.230 e. The maximum absolute atomic E-state index is 12.3. The Morgan fingerprint density at radius 3 is 1.35 bits per heavy atom. The minimum Gasteiger partial charge on any atom is -0.317 e. The first-order valence-electron chi connectivity index (χ1n) is 14.7. The van der Waals surface area contributed by atoms with Gasteiger partial charge in [-0.05, 0) is 51.6 Å². The van der Waals surface area contributed by atoms with E-state index in [9.17, 15) is 19.2 Å². The predicted octanol–water partition coefficient (Wildman–Crippen LogP) is 5.44. The molecule has 0 aromatic carbocycles. The summed E-state index contributed by atoms with van der Waals surface area (Å²) in [4.78, 5) is 52.3. The molecule has 2 aliphatic heterocycles. The number of rotatable bonds is 20. The van der Waals surface area contributed by atoms with Gasteiger partial charge in [0.2, 0.25) is 23.6 Å². The van der Waals surface area contributed by atoms with Crippen molar-refractivity contribution in [2.24, 2.45) is 0 Å². The summed E-state index contributed by atoms with van der Waals surface area (Å²) in [6.07, 6.45) is 22.2. The van der Waals surface area contributed by atoms with Crippen LogP contribution in [0.3, 0.4) is 0 Å². The molecule has 4 amide bonds. The first-order chi connectivity index (χ1) is 18.0. The van der Waals surface area contributed by atoms with Gasteiger partial charge in [-0.25, -0.2) is 0 Å². The topological polar surface area (TPSA) is 86.8 Å². The van der Waals surface area contributed by atoms with Gasteiger partial charge in [-0.15, -0.1) is 0 Å². The maximum Gasteiger partial charge on any atom is 0.230 e. The Labute approximate surface area is 224 Å². The van der Waals surface area contributed by atoms with E-state index in [0.717, 1.165) is 25.7 Å². The number of carbonyl (C=O) groups is 4. The average molecular weight is 516 g/mol. The Kier molecular flexibility index (Phi) is 15.1. The number of amides is 4. The van der Waals surface area contributed by atoms with Gasteiger partial charge in [0, 0.05) is 25.7 Å². The van der Waals surface area contributed by atoms with E-state index in [0.29, 0.717) is 51.6 Å². The van der Waals surface area contributed by atoms with Crippen LogP contribution in [0.1, 0.15) is 117 Å².